The Balaban J connectivity index is 1.62. The Morgan fingerprint density at radius 3 is 3.00 bits per heavy atom. The van der Waals surface area contributed by atoms with Crippen molar-refractivity contribution in [1.82, 2.24) is 15.5 Å². The molecule has 4 rings (SSSR count). The Morgan fingerprint density at radius 2 is 2.19 bits per heavy atom. The molecule has 2 N–H and O–H groups in total. The predicted molar refractivity (Wildman–Crippen MR) is 126 cm³/mol. The molecule has 8 heteroatoms. The highest BCUT2D eigenvalue weighted by molar-refractivity contribution is 6.31. The van der Waals surface area contributed by atoms with Crippen LogP contribution in [-0.4, -0.2) is 62.6 Å². The van der Waals surface area contributed by atoms with Gasteiger partial charge >= 0.3 is 0 Å². The number of hydrogen-bond acceptors (Lipinski definition) is 6. The smallest absolute Gasteiger partial charge is 0.224 e. The number of nitrogens with zero attached hydrogens (tertiary/aromatic N) is 2. The van der Waals surface area contributed by atoms with Crippen LogP contribution in [0.25, 0.3) is 0 Å². The van der Waals surface area contributed by atoms with Crippen LogP contribution in [0.5, 0.6) is 11.5 Å². The molecular formula is C24H29ClN4O3. The number of amides is 1. The van der Waals surface area contributed by atoms with Crippen LogP contribution in [0, 0.1) is 5.92 Å². The summed E-state index contributed by atoms with van der Waals surface area (Å²) in [6, 6.07) is 13.4. The molecule has 2 heterocycles. The van der Waals surface area contributed by atoms with Crippen molar-refractivity contribution in [3.8, 4) is 11.5 Å². The van der Waals surface area contributed by atoms with Gasteiger partial charge in [-0.1, -0.05) is 30.7 Å². The summed E-state index contributed by atoms with van der Waals surface area (Å²) in [6.07, 6.45) is 0.745. The molecule has 1 amide bonds. The van der Waals surface area contributed by atoms with Gasteiger partial charge in [0.2, 0.25) is 5.91 Å². The van der Waals surface area contributed by atoms with E-state index in [0.29, 0.717) is 36.2 Å². The van der Waals surface area contributed by atoms with Gasteiger partial charge in [0.25, 0.3) is 0 Å². The third-order valence-corrected chi connectivity index (χ3v) is 6.10. The number of aliphatic imine (C=N–C) groups is 1. The molecule has 0 bridgehead atoms. The average molecular weight is 457 g/mol. The van der Waals surface area contributed by atoms with Crippen LogP contribution in [0.1, 0.15) is 18.9 Å². The van der Waals surface area contributed by atoms with E-state index in [1.165, 1.54) is 0 Å². The maximum absolute atomic E-state index is 12.8. The molecule has 2 atom stereocenters. The SMILES string of the molecule is CC[C@H](C(=O)NCCOC)C1CN(C2=Nc3cc(Cl)ccc3Oc3ccccc32)CCN1. The lowest BCUT2D eigenvalue weighted by atomic mass is 9.93. The van der Waals surface area contributed by atoms with Gasteiger partial charge in [0.15, 0.2) is 5.75 Å². The number of carbonyl (C=O) groups is 1. The molecule has 1 saturated heterocycles. The highest BCUT2D eigenvalue weighted by Crippen LogP contribution is 2.39. The van der Waals surface area contributed by atoms with Gasteiger partial charge in [-0.15, -0.1) is 0 Å². The van der Waals surface area contributed by atoms with Crippen LogP contribution in [0.3, 0.4) is 0 Å². The number of nitrogens with one attached hydrogen (secondary N) is 2. The summed E-state index contributed by atoms with van der Waals surface area (Å²) in [7, 11) is 1.63. The topological polar surface area (TPSA) is 75.2 Å². The van der Waals surface area contributed by atoms with Crippen molar-refractivity contribution in [3.05, 3.63) is 53.1 Å². The Kier molecular flexibility index (Phi) is 7.29. The summed E-state index contributed by atoms with van der Waals surface area (Å²) in [5.74, 6) is 2.17. The number of halogens is 1. The highest BCUT2D eigenvalue weighted by Gasteiger charge is 2.33. The molecule has 2 aliphatic rings. The fourth-order valence-corrected chi connectivity index (χ4v) is 4.40. The molecule has 170 valence electrons. The van der Waals surface area contributed by atoms with Crippen molar-refractivity contribution < 1.29 is 14.3 Å². The van der Waals surface area contributed by atoms with E-state index in [2.05, 4.69) is 15.5 Å². The largest absolute Gasteiger partial charge is 0.454 e. The van der Waals surface area contributed by atoms with Crippen LogP contribution < -0.4 is 15.4 Å². The van der Waals surface area contributed by atoms with Crippen molar-refractivity contribution in [1.29, 1.82) is 0 Å². The fraction of sp³-hybridized carbons (Fsp3) is 0.417. The summed E-state index contributed by atoms with van der Waals surface area (Å²) in [5.41, 5.74) is 1.63. The zero-order valence-corrected chi connectivity index (χ0v) is 19.2. The van der Waals surface area contributed by atoms with E-state index in [0.717, 1.165) is 36.7 Å². The second kappa shape index (κ2) is 10.3. The first-order valence-electron chi connectivity index (χ1n) is 11.0. The molecule has 0 radical (unpaired) electrons. The van der Waals surface area contributed by atoms with Gasteiger partial charge in [-0.2, -0.15) is 0 Å². The summed E-state index contributed by atoms with van der Waals surface area (Å²) < 4.78 is 11.2. The Bertz CT molecular complexity index is 997. The van der Waals surface area contributed by atoms with Gasteiger partial charge in [0.05, 0.1) is 18.1 Å². The van der Waals surface area contributed by atoms with Gasteiger partial charge in [-0.3, -0.25) is 4.79 Å². The van der Waals surface area contributed by atoms with Crippen molar-refractivity contribution in [2.24, 2.45) is 10.9 Å². The molecule has 2 aliphatic heterocycles. The Labute approximate surface area is 193 Å². The predicted octanol–water partition coefficient (Wildman–Crippen LogP) is 3.59. The number of ether oxygens (including phenoxy) is 2. The van der Waals surface area contributed by atoms with E-state index in [1.54, 1.807) is 13.2 Å². The standard InChI is InChI=1S/C24H29ClN4O3/c1-3-17(24(30)27-11-13-31-2)20-15-29(12-10-26-20)23-18-6-4-5-7-21(18)32-22-9-8-16(25)14-19(22)28-23/h4-9,14,17,20,26H,3,10-13,15H2,1-2H3,(H,27,30)/t17-,20?/m0/s1. The number of hydrogen-bond donors (Lipinski definition) is 2. The van der Waals surface area contributed by atoms with Gasteiger partial charge in [0, 0.05) is 44.4 Å². The number of benzene rings is 2. The second-order valence-electron chi connectivity index (χ2n) is 7.95. The molecular weight excluding hydrogens is 428 g/mol. The minimum absolute atomic E-state index is 0.00848. The molecule has 0 spiro atoms. The lowest BCUT2D eigenvalue weighted by Crippen LogP contribution is -2.58. The van der Waals surface area contributed by atoms with E-state index < -0.39 is 0 Å². The minimum atomic E-state index is -0.144. The zero-order chi connectivity index (χ0) is 22.5. The number of piperazine rings is 1. The normalized spacial score (nSPS) is 18.5. The maximum Gasteiger partial charge on any atom is 0.224 e. The number of fused-ring (bicyclic) bond motifs is 2. The Morgan fingerprint density at radius 1 is 1.34 bits per heavy atom. The molecule has 0 aromatic heterocycles. The van der Waals surface area contributed by atoms with Crippen LogP contribution >= 0.6 is 11.6 Å². The van der Waals surface area contributed by atoms with E-state index >= 15 is 0 Å². The third-order valence-electron chi connectivity index (χ3n) is 5.87. The molecule has 1 fully saturated rings. The fourth-order valence-electron chi connectivity index (χ4n) is 4.24. The summed E-state index contributed by atoms with van der Waals surface area (Å²) in [4.78, 5) is 20.0. The van der Waals surface area contributed by atoms with E-state index in [-0.39, 0.29) is 17.9 Å². The zero-order valence-electron chi connectivity index (χ0n) is 18.4. The third kappa shape index (κ3) is 4.90. The first-order valence-corrected chi connectivity index (χ1v) is 11.4. The van der Waals surface area contributed by atoms with Gasteiger partial charge in [-0.05, 0) is 36.8 Å². The van der Waals surface area contributed by atoms with Crippen LogP contribution in [0.2, 0.25) is 5.02 Å². The summed E-state index contributed by atoms with van der Waals surface area (Å²) in [6.45, 7) is 5.27. The van der Waals surface area contributed by atoms with Gasteiger partial charge in [0.1, 0.15) is 17.3 Å². The summed E-state index contributed by atoms with van der Waals surface area (Å²) in [5, 5.41) is 7.13. The number of methoxy groups -OCH3 is 1. The molecule has 7 nitrogen and oxygen atoms in total. The van der Waals surface area contributed by atoms with Crippen molar-refractivity contribution in [2.45, 2.75) is 19.4 Å². The molecule has 0 saturated carbocycles. The van der Waals surface area contributed by atoms with Crippen molar-refractivity contribution in [2.75, 3.05) is 39.9 Å². The van der Waals surface area contributed by atoms with Crippen LogP contribution in [0.4, 0.5) is 5.69 Å². The first kappa shape index (κ1) is 22.6. The highest BCUT2D eigenvalue weighted by atomic mass is 35.5. The van der Waals surface area contributed by atoms with Gasteiger partial charge in [-0.25, -0.2) is 4.99 Å². The molecule has 0 aliphatic carbocycles. The number of para-hydroxylation sites is 1. The monoisotopic (exact) mass is 456 g/mol. The van der Waals surface area contributed by atoms with Crippen molar-refractivity contribution >= 4 is 29.0 Å². The average Bonchev–Trinajstić information content (AvgIpc) is 2.96. The Hall–Kier alpha value is -2.61. The molecule has 2 aromatic carbocycles. The first-order chi connectivity index (χ1) is 15.6. The quantitative estimate of drug-likeness (QED) is 0.650. The van der Waals surface area contributed by atoms with Crippen molar-refractivity contribution in [3.63, 3.8) is 0 Å². The molecule has 1 unspecified atom stereocenters. The minimum Gasteiger partial charge on any atom is -0.454 e. The second-order valence-corrected chi connectivity index (χ2v) is 8.39. The lowest BCUT2D eigenvalue weighted by Gasteiger charge is -2.38. The van der Waals surface area contributed by atoms with Crippen LogP contribution in [-0.2, 0) is 9.53 Å². The van der Waals surface area contributed by atoms with E-state index in [9.17, 15) is 4.79 Å². The number of rotatable bonds is 6. The molecule has 32 heavy (non-hydrogen) atoms. The van der Waals surface area contributed by atoms with E-state index in [1.807, 2.05) is 43.3 Å². The van der Waals surface area contributed by atoms with Crippen LogP contribution in [0.15, 0.2) is 47.5 Å². The van der Waals surface area contributed by atoms with Gasteiger partial charge < -0.3 is 25.0 Å². The number of amidine groups is 1. The maximum atomic E-state index is 12.8. The molecule has 2 aromatic rings. The lowest BCUT2D eigenvalue weighted by molar-refractivity contribution is -0.126. The summed E-state index contributed by atoms with van der Waals surface area (Å²) >= 11 is 6.24. The van der Waals surface area contributed by atoms with E-state index in [4.69, 9.17) is 26.1 Å². The number of carbonyl (C=O) groups excluding carboxylic acids is 1.